The van der Waals surface area contributed by atoms with Crippen LogP contribution in [0.2, 0.25) is 0 Å². The second-order valence-electron chi connectivity index (χ2n) is 6.76. The summed E-state index contributed by atoms with van der Waals surface area (Å²) in [5.41, 5.74) is 5.11. The summed E-state index contributed by atoms with van der Waals surface area (Å²) in [4.78, 5) is 19.6. The van der Waals surface area contributed by atoms with Crippen molar-refractivity contribution in [2.75, 3.05) is 11.1 Å². The van der Waals surface area contributed by atoms with E-state index in [4.69, 9.17) is 5.73 Å². The maximum absolute atomic E-state index is 14.4. The largest absolute Gasteiger partial charge is 0.390 e. The number of nitrogens with zero attached hydrogens (tertiary/aromatic N) is 2. The van der Waals surface area contributed by atoms with Crippen molar-refractivity contribution < 1.29 is 35.2 Å². The summed E-state index contributed by atoms with van der Waals surface area (Å²) in [7, 11) is -4.38. The van der Waals surface area contributed by atoms with Crippen LogP contribution >= 0.6 is 0 Å². The van der Waals surface area contributed by atoms with Gasteiger partial charge < -0.3 is 11.1 Å². The molecule has 1 amide bonds. The molecule has 2 unspecified atom stereocenters. The highest BCUT2D eigenvalue weighted by atomic mass is 32.2. The average molecular weight is 462 g/mol. The molecular weight excluding hydrogens is 447 g/mol. The van der Waals surface area contributed by atoms with Gasteiger partial charge in [0.1, 0.15) is 28.4 Å². The maximum Gasteiger partial charge on any atom is 0.390 e. The summed E-state index contributed by atoms with van der Waals surface area (Å²) in [5.74, 6) is -3.94. The zero-order valence-corrected chi connectivity index (χ0v) is 16.3. The van der Waals surface area contributed by atoms with Gasteiger partial charge in [0.25, 0.3) is 5.91 Å². The highest BCUT2D eigenvalue weighted by molar-refractivity contribution is 7.92. The van der Waals surface area contributed by atoms with Crippen LogP contribution in [0, 0.1) is 11.6 Å². The molecule has 0 saturated carbocycles. The van der Waals surface area contributed by atoms with E-state index >= 15 is 0 Å². The fourth-order valence-electron chi connectivity index (χ4n) is 3.00. The van der Waals surface area contributed by atoms with Crippen molar-refractivity contribution in [3.05, 3.63) is 59.4 Å². The van der Waals surface area contributed by atoms with E-state index in [0.29, 0.717) is 0 Å². The number of sulfone groups is 1. The molecular formula is C18H15F5N4O3S. The Morgan fingerprint density at radius 1 is 1.19 bits per heavy atom. The van der Waals surface area contributed by atoms with E-state index in [9.17, 15) is 35.2 Å². The van der Waals surface area contributed by atoms with E-state index in [-0.39, 0.29) is 16.9 Å². The molecule has 3 N–H and O–H groups in total. The van der Waals surface area contributed by atoms with E-state index in [0.717, 1.165) is 30.5 Å². The van der Waals surface area contributed by atoms with Crippen LogP contribution in [0.15, 0.2) is 41.5 Å². The monoisotopic (exact) mass is 462 g/mol. The number of halogens is 5. The first-order valence-corrected chi connectivity index (χ1v) is 10.4. The topological polar surface area (TPSA) is 115 Å². The fraction of sp³-hybridized carbons (Fsp3) is 0.278. The number of nitrogens with two attached hydrogens (primary N) is 1. The first kappa shape index (κ1) is 22.6. The Morgan fingerprint density at radius 3 is 2.48 bits per heavy atom. The summed E-state index contributed by atoms with van der Waals surface area (Å²) in [6.07, 6.45) is -5.65. The number of alkyl halides is 3. The normalized spacial score (nSPS) is 20.7. The quantitative estimate of drug-likeness (QED) is 0.679. The predicted molar refractivity (Wildman–Crippen MR) is 101 cm³/mol. The van der Waals surface area contributed by atoms with Gasteiger partial charge in [-0.1, -0.05) is 0 Å². The number of aromatic nitrogens is 1. The second-order valence-corrected chi connectivity index (χ2v) is 8.99. The second kappa shape index (κ2) is 8.21. The third-order valence-electron chi connectivity index (χ3n) is 4.45. The van der Waals surface area contributed by atoms with Gasteiger partial charge in [0.2, 0.25) is 0 Å². The molecule has 3 rings (SSSR count). The minimum absolute atomic E-state index is 0.0381. The van der Waals surface area contributed by atoms with Gasteiger partial charge in [-0.2, -0.15) is 13.2 Å². The van der Waals surface area contributed by atoms with Crippen LogP contribution in [0.5, 0.6) is 0 Å². The fourth-order valence-corrected chi connectivity index (χ4v) is 4.80. The number of benzene rings is 1. The Balaban J connectivity index is 1.88. The van der Waals surface area contributed by atoms with Crippen LogP contribution in [-0.4, -0.2) is 42.3 Å². The minimum Gasteiger partial charge on any atom is -0.386 e. The third-order valence-corrected chi connectivity index (χ3v) is 6.50. The highest BCUT2D eigenvalue weighted by Crippen LogP contribution is 2.33. The number of carbonyl (C=O) groups excluding carboxylic acids is 1. The number of rotatable bonds is 4. The van der Waals surface area contributed by atoms with Crippen molar-refractivity contribution in [1.82, 2.24) is 4.98 Å². The van der Waals surface area contributed by atoms with E-state index in [1.807, 2.05) is 0 Å². The number of hydrogen-bond acceptors (Lipinski definition) is 6. The number of amides is 1. The van der Waals surface area contributed by atoms with Crippen LogP contribution in [-0.2, 0) is 9.84 Å². The Bertz CT molecular complexity index is 1130. The number of amidine groups is 1. The van der Waals surface area contributed by atoms with E-state index < -0.39 is 62.9 Å². The molecule has 0 spiro atoms. The van der Waals surface area contributed by atoms with Crippen molar-refractivity contribution in [3.8, 4) is 0 Å². The highest BCUT2D eigenvalue weighted by Gasteiger charge is 2.44. The molecule has 0 radical (unpaired) electrons. The Hall–Kier alpha value is -3.09. The summed E-state index contributed by atoms with van der Waals surface area (Å²) < 4.78 is 90.0. The molecule has 31 heavy (non-hydrogen) atoms. The molecule has 2 atom stereocenters. The summed E-state index contributed by atoms with van der Waals surface area (Å²) in [5, 5.41) is 0.345. The van der Waals surface area contributed by atoms with Gasteiger partial charge in [-0.05, 0) is 30.3 Å². The molecule has 0 aliphatic carbocycles. The van der Waals surface area contributed by atoms with Gasteiger partial charge in [-0.3, -0.25) is 9.79 Å². The molecule has 2 aromatic rings. The Morgan fingerprint density at radius 2 is 1.90 bits per heavy atom. The lowest BCUT2D eigenvalue weighted by molar-refractivity contribution is -0.132. The standard InChI is InChI=1S/C18H15F5N4O3S/c19-9-1-4-13(25-7-9)17(28)26-10-2-3-12(20)11(5-10)14-8-31(29,30)15(16(24)27-14)6-18(21,22)23/h1-5,7,14-15H,6,8H2,(H2,24,27)(H,26,28). The predicted octanol–water partition coefficient (Wildman–Crippen LogP) is 2.76. The van der Waals surface area contributed by atoms with Gasteiger partial charge in [0.05, 0.1) is 24.4 Å². The van der Waals surface area contributed by atoms with Gasteiger partial charge in [-0.25, -0.2) is 22.2 Å². The molecule has 1 aromatic carbocycles. The summed E-state index contributed by atoms with van der Waals surface area (Å²) in [6, 6.07) is 3.95. The van der Waals surface area contributed by atoms with Crippen molar-refractivity contribution in [2.24, 2.45) is 10.7 Å². The van der Waals surface area contributed by atoms with Crippen molar-refractivity contribution in [3.63, 3.8) is 0 Å². The first-order valence-electron chi connectivity index (χ1n) is 8.69. The molecule has 1 aliphatic rings. The van der Waals surface area contributed by atoms with E-state index in [2.05, 4.69) is 15.3 Å². The molecule has 1 aromatic heterocycles. The van der Waals surface area contributed by atoms with Crippen molar-refractivity contribution in [2.45, 2.75) is 23.9 Å². The number of carbonyl (C=O) groups is 1. The molecule has 0 bridgehead atoms. The van der Waals surface area contributed by atoms with Crippen LogP contribution in [0.25, 0.3) is 0 Å². The molecule has 166 valence electrons. The molecule has 0 fully saturated rings. The lowest BCUT2D eigenvalue weighted by Crippen LogP contribution is -2.45. The molecule has 0 saturated heterocycles. The number of pyridine rings is 1. The molecule has 2 heterocycles. The molecule has 7 nitrogen and oxygen atoms in total. The minimum atomic E-state index is -4.78. The average Bonchev–Trinajstić information content (AvgIpc) is 2.65. The Kier molecular flexibility index (Phi) is 5.98. The lowest BCUT2D eigenvalue weighted by Gasteiger charge is -2.27. The number of aliphatic imine (C=N–C) groups is 1. The number of anilines is 1. The smallest absolute Gasteiger partial charge is 0.386 e. The Labute approximate surface area is 173 Å². The van der Waals surface area contributed by atoms with E-state index in [1.54, 1.807) is 0 Å². The molecule has 1 aliphatic heterocycles. The van der Waals surface area contributed by atoms with Crippen molar-refractivity contribution >= 4 is 27.3 Å². The third kappa shape index (κ3) is 5.34. The first-order chi connectivity index (χ1) is 14.4. The van der Waals surface area contributed by atoms with Crippen LogP contribution in [0.4, 0.5) is 27.6 Å². The van der Waals surface area contributed by atoms with E-state index in [1.165, 1.54) is 6.07 Å². The number of nitrogens with one attached hydrogen (secondary N) is 1. The number of hydrogen-bond donors (Lipinski definition) is 2. The van der Waals surface area contributed by atoms with Gasteiger partial charge in [0.15, 0.2) is 9.84 Å². The zero-order chi connectivity index (χ0) is 23.0. The van der Waals surface area contributed by atoms with Crippen LogP contribution in [0.1, 0.15) is 28.5 Å². The van der Waals surface area contributed by atoms with Gasteiger partial charge >= 0.3 is 6.18 Å². The summed E-state index contributed by atoms with van der Waals surface area (Å²) >= 11 is 0. The van der Waals surface area contributed by atoms with Crippen molar-refractivity contribution in [1.29, 1.82) is 0 Å². The van der Waals surface area contributed by atoms with Gasteiger partial charge in [-0.15, -0.1) is 0 Å². The van der Waals surface area contributed by atoms with Crippen LogP contribution in [0.3, 0.4) is 0 Å². The van der Waals surface area contributed by atoms with Gasteiger partial charge in [0, 0.05) is 11.3 Å². The maximum atomic E-state index is 14.4. The molecule has 13 heteroatoms. The summed E-state index contributed by atoms with van der Waals surface area (Å²) in [6.45, 7) is 0. The zero-order valence-electron chi connectivity index (χ0n) is 15.5. The van der Waals surface area contributed by atoms with Crippen LogP contribution < -0.4 is 11.1 Å². The SMILES string of the molecule is NC1=NC(c2cc(NC(=O)c3ccc(F)cn3)ccc2F)CS(=O)(=O)C1CC(F)(F)F. The lowest BCUT2D eigenvalue weighted by atomic mass is 10.1.